The first-order valence-corrected chi connectivity index (χ1v) is 10.4. The number of hydrogen-bond acceptors (Lipinski definition) is 5. The van der Waals surface area contributed by atoms with Crippen molar-refractivity contribution in [2.75, 3.05) is 20.7 Å². The van der Waals surface area contributed by atoms with Gasteiger partial charge in [0.2, 0.25) is 5.91 Å². The lowest BCUT2D eigenvalue weighted by Gasteiger charge is -2.31. The van der Waals surface area contributed by atoms with Crippen LogP contribution in [0.25, 0.3) is 0 Å². The molecule has 1 saturated heterocycles. The van der Waals surface area contributed by atoms with Crippen molar-refractivity contribution in [3.8, 4) is 5.75 Å². The van der Waals surface area contributed by atoms with Crippen molar-refractivity contribution in [1.29, 1.82) is 0 Å². The number of rotatable bonds is 6. The van der Waals surface area contributed by atoms with Crippen LogP contribution in [0.2, 0.25) is 0 Å². The van der Waals surface area contributed by atoms with Crippen molar-refractivity contribution in [2.24, 2.45) is 0 Å². The van der Waals surface area contributed by atoms with Crippen LogP contribution < -0.4 is 4.74 Å². The van der Waals surface area contributed by atoms with E-state index >= 15 is 0 Å². The normalized spacial score (nSPS) is 19.2. The molecule has 1 aliphatic heterocycles. The Morgan fingerprint density at radius 3 is 2.93 bits per heavy atom. The molecule has 2 atom stereocenters. The summed E-state index contributed by atoms with van der Waals surface area (Å²) in [5.41, 5.74) is 2.19. The molecule has 1 fully saturated rings. The molecular formula is C21H29N3O2S. The molecule has 1 aromatic carbocycles. The average molecular weight is 388 g/mol. The van der Waals surface area contributed by atoms with Crippen LogP contribution in [-0.2, 0) is 11.3 Å². The first-order chi connectivity index (χ1) is 13.0. The highest BCUT2D eigenvalue weighted by Gasteiger charge is 2.28. The fraction of sp³-hybridized carbons (Fsp3) is 0.524. The number of benzene rings is 1. The highest BCUT2D eigenvalue weighted by Crippen LogP contribution is 2.28. The van der Waals surface area contributed by atoms with E-state index in [1.165, 1.54) is 0 Å². The van der Waals surface area contributed by atoms with E-state index in [4.69, 9.17) is 4.74 Å². The number of hydrogen-bond donors (Lipinski definition) is 0. The van der Waals surface area contributed by atoms with E-state index in [0.717, 1.165) is 41.4 Å². The summed E-state index contributed by atoms with van der Waals surface area (Å²) < 4.78 is 5.30. The van der Waals surface area contributed by atoms with Crippen LogP contribution >= 0.6 is 11.3 Å². The van der Waals surface area contributed by atoms with Crippen molar-refractivity contribution in [3.63, 3.8) is 0 Å². The van der Waals surface area contributed by atoms with Crippen molar-refractivity contribution in [3.05, 3.63) is 45.9 Å². The SMILES string of the molecule is COc1cccc(CN2CCC(N(C)C(C)c3nc(C)cs3)CCC2=O)c1. The molecule has 2 unspecified atom stereocenters. The molecule has 0 N–H and O–H groups in total. The van der Waals surface area contributed by atoms with Gasteiger partial charge in [0, 0.05) is 36.6 Å². The van der Waals surface area contributed by atoms with E-state index in [9.17, 15) is 4.79 Å². The third kappa shape index (κ3) is 4.87. The Morgan fingerprint density at radius 1 is 1.41 bits per heavy atom. The van der Waals surface area contributed by atoms with E-state index in [2.05, 4.69) is 35.3 Å². The van der Waals surface area contributed by atoms with Crippen LogP contribution in [-0.4, -0.2) is 47.4 Å². The lowest BCUT2D eigenvalue weighted by molar-refractivity contribution is -0.131. The summed E-state index contributed by atoms with van der Waals surface area (Å²) >= 11 is 1.72. The molecule has 0 radical (unpaired) electrons. The smallest absolute Gasteiger partial charge is 0.222 e. The van der Waals surface area contributed by atoms with Crippen molar-refractivity contribution in [2.45, 2.75) is 51.7 Å². The van der Waals surface area contributed by atoms with Gasteiger partial charge in [0.1, 0.15) is 10.8 Å². The quantitative estimate of drug-likeness (QED) is 0.751. The summed E-state index contributed by atoms with van der Waals surface area (Å²) in [5, 5.41) is 3.26. The molecule has 0 aliphatic carbocycles. The highest BCUT2D eigenvalue weighted by molar-refractivity contribution is 7.09. The van der Waals surface area contributed by atoms with Gasteiger partial charge >= 0.3 is 0 Å². The van der Waals surface area contributed by atoms with Gasteiger partial charge < -0.3 is 9.64 Å². The molecule has 0 spiro atoms. The number of nitrogens with zero attached hydrogens (tertiary/aromatic N) is 3. The Kier molecular flexibility index (Phi) is 6.50. The van der Waals surface area contributed by atoms with Crippen LogP contribution in [0.4, 0.5) is 0 Å². The first-order valence-electron chi connectivity index (χ1n) is 9.52. The van der Waals surface area contributed by atoms with Gasteiger partial charge in [-0.2, -0.15) is 0 Å². The molecule has 0 saturated carbocycles. The number of carbonyl (C=O) groups excluding carboxylic acids is 1. The Balaban J connectivity index is 1.63. The minimum atomic E-state index is 0.242. The third-order valence-electron chi connectivity index (χ3n) is 5.46. The van der Waals surface area contributed by atoms with Crippen LogP contribution in [0.1, 0.15) is 48.5 Å². The topological polar surface area (TPSA) is 45.7 Å². The van der Waals surface area contributed by atoms with Crippen LogP contribution in [0.15, 0.2) is 29.6 Å². The van der Waals surface area contributed by atoms with Gasteiger partial charge in [0.25, 0.3) is 0 Å². The van der Waals surface area contributed by atoms with E-state index < -0.39 is 0 Å². The molecule has 0 bridgehead atoms. The van der Waals surface area contributed by atoms with Gasteiger partial charge in [-0.15, -0.1) is 11.3 Å². The Hall–Kier alpha value is -1.92. The number of amides is 1. The average Bonchev–Trinajstić information content (AvgIpc) is 3.03. The molecule has 2 heterocycles. The number of likely N-dealkylation sites (tertiary alicyclic amines) is 1. The summed E-state index contributed by atoms with van der Waals surface area (Å²) in [5.74, 6) is 1.08. The standard InChI is InChI=1S/C21H29N3O2S/c1-15-14-27-21(22-15)16(2)23(3)18-8-9-20(25)24(11-10-18)13-17-6-5-7-19(12-17)26-4/h5-7,12,14,16,18H,8-11,13H2,1-4H3. The fourth-order valence-corrected chi connectivity index (χ4v) is 4.55. The second-order valence-corrected chi connectivity index (χ2v) is 8.21. The van der Waals surface area contributed by atoms with Gasteiger partial charge in [0.05, 0.1) is 13.2 Å². The maximum absolute atomic E-state index is 12.7. The number of carbonyl (C=O) groups is 1. The van der Waals surface area contributed by atoms with Gasteiger partial charge in [0.15, 0.2) is 0 Å². The number of aromatic nitrogens is 1. The Bertz CT molecular complexity index is 776. The van der Waals surface area contributed by atoms with Gasteiger partial charge in [-0.25, -0.2) is 4.98 Å². The van der Waals surface area contributed by atoms with Gasteiger partial charge in [-0.3, -0.25) is 9.69 Å². The summed E-state index contributed by atoms with van der Waals surface area (Å²) in [6.45, 7) is 5.68. The van der Waals surface area contributed by atoms with Gasteiger partial charge in [-0.1, -0.05) is 12.1 Å². The maximum Gasteiger partial charge on any atom is 0.222 e. The van der Waals surface area contributed by atoms with E-state index in [1.54, 1.807) is 18.4 Å². The summed E-state index contributed by atoms with van der Waals surface area (Å²) in [4.78, 5) is 21.7. The van der Waals surface area contributed by atoms with Crippen LogP contribution in [0, 0.1) is 6.92 Å². The summed E-state index contributed by atoms with van der Waals surface area (Å²) in [7, 11) is 3.83. The zero-order chi connectivity index (χ0) is 19.4. The predicted octanol–water partition coefficient (Wildman–Crippen LogP) is 4.03. The molecule has 146 valence electrons. The molecule has 3 rings (SSSR count). The number of methoxy groups -OCH3 is 1. The molecule has 27 heavy (non-hydrogen) atoms. The maximum atomic E-state index is 12.7. The molecule has 6 heteroatoms. The van der Waals surface area contributed by atoms with Crippen molar-refractivity contribution in [1.82, 2.24) is 14.8 Å². The lowest BCUT2D eigenvalue weighted by atomic mass is 10.1. The minimum absolute atomic E-state index is 0.242. The third-order valence-corrected chi connectivity index (χ3v) is 6.60. The predicted molar refractivity (Wildman–Crippen MR) is 109 cm³/mol. The molecule has 5 nitrogen and oxygen atoms in total. The Morgan fingerprint density at radius 2 is 2.22 bits per heavy atom. The van der Waals surface area contributed by atoms with E-state index in [-0.39, 0.29) is 11.9 Å². The number of ether oxygens (including phenoxy) is 1. The zero-order valence-corrected chi connectivity index (χ0v) is 17.5. The second kappa shape index (κ2) is 8.85. The van der Waals surface area contributed by atoms with Crippen molar-refractivity contribution >= 4 is 17.2 Å². The van der Waals surface area contributed by atoms with Crippen molar-refractivity contribution < 1.29 is 9.53 Å². The number of thiazole rings is 1. The highest BCUT2D eigenvalue weighted by atomic mass is 32.1. The van der Waals surface area contributed by atoms with E-state index in [1.807, 2.05) is 30.0 Å². The first kappa shape index (κ1) is 19.8. The summed E-state index contributed by atoms with van der Waals surface area (Å²) in [6.07, 6.45) is 2.49. The van der Waals surface area contributed by atoms with Gasteiger partial charge in [-0.05, 0) is 51.4 Å². The number of aryl methyl sites for hydroxylation is 1. The molecule has 1 amide bonds. The second-order valence-electron chi connectivity index (χ2n) is 7.32. The molecule has 1 aromatic heterocycles. The molecule has 1 aliphatic rings. The zero-order valence-electron chi connectivity index (χ0n) is 16.6. The fourth-order valence-electron chi connectivity index (χ4n) is 3.64. The monoisotopic (exact) mass is 387 g/mol. The molecule has 2 aromatic rings. The summed E-state index contributed by atoms with van der Waals surface area (Å²) in [6, 6.07) is 8.63. The largest absolute Gasteiger partial charge is 0.497 e. The lowest BCUT2D eigenvalue weighted by Crippen LogP contribution is -2.35. The van der Waals surface area contributed by atoms with Crippen LogP contribution in [0.3, 0.4) is 0 Å². The Labute approximate surface area is 166 Å². The van der Waals surface area contributed by atoms with Crippen LogP contribution in [0.5, 0.6) is 5.75 Å². The van der Waals surface area contributed by atoms with E-state index in [0.29, 0.717) is 19.0 Å². The molecular weight excluding hydrogens is 358 g/mol. The minimum Gasteiger partial charge on any atom is -0.497 e.